The van der Waals surface area contributed by atoms with Crippen molar-refractivity contribution in [1.82, 2.24) is 5.32 Å². The molecule has 1 N–H and O–H groups in total. The van der Waals surface area contributed by atoms with Crippen LogP contribution in [0.4, 0.5) is 4.39 Å². The van der Waals surface area contributed by atoms with Gasteiger partial charge in [-0.2, -0.15) is 0 Å². The van der Waals surface area contributed by atoms with Gasteiger partial charge >= 0.3 is 0 Å². The van der Waals surface area contributed by atoms with E-state index in [9.17, 15) is 4.39 Å². The molecule has 0 aliphatic heterocycles. The number of rotatable bonds is 7. The summed E-state index contributed by atoms with van der Waals surface area (Å²) in [6, 6.07) is 7.07. The predicted octanol–water partition coefficient (Wildman–Crippen LogP) is 2.77. The molecule has 0 saturated heterocycles. The number of halogens is 1. The topological polar surface area (TPSA) is 21.3 Å². The normalized spacial score (nSPS) is 14.6. The van der Waals surface area contributed by atoms with E-state index in [1.54, 1.807) is 6.07 Å². The number of benzene rings is 1. The Morgan fingerprint density at radius 3 is 2.53 bits per heavy atom. The summed E-state index contributed by atoms with van der Waals surface area (Å²) in [5.41, 5.74) is 0.741. The van der Waals surface area contributed by atoms with Crippen LogP contribution in [0.5, 0.6) is 0 Å². The number of hydrogen-bond acceptors (Lipinski definition) is 2. The van der Waals surface area contributed by atoms with Gasteiger partial charge in [-0.3, -0.25) is 0 Å². The molecular formula is C14H22FNO. The maximum absolute atomic E-state index is 13.6. The van der Waals surface area contributed by atoms with Gasteiger partial charge in [-0.05, 0) is 38.4 Å². The molecule has 17 heavy (non-hydrogen) atoms. The van der Waals surface area contributed by atoms with Crippen molar-refractivity contribution in [2.24, 2.45) is 0 Å². The van der Waals surface area contributed by atoms with Crippen molar-refractivity contribution < 1.29 is 9.13 Å². The zero-order valence-electron chi connectivity index (χ0n) is 10.9. The van der Waals surface area contributed by atoms with Crippen LogP contribution < -0.4 is 5.32 Å². The summed E-state index contributed by atoms with van der Waals surface area (Å²) in [5.74, 6) is -0.140. The molecule has 1 aromatic rings. The van der Waals surface area contributed by atoms with Crippen LogP contribution in [-0.2, 0) is 11.2 Å². The van der Waals surface area contributed by atoms with Gasteiger partial charge in [0, 0.05) is 12.6 Å². The lowest BCUT2D eigenvalue weighted by Gasteiger charge is -2.26. The lowest BCUT2D eigenvalue weighted by Crippen LogP contribution is -2.41. The van der Waals surface area contributed by atoms with Crippen molar-refractivity contribution in [2.45, 2.75) is 38.8 Å². The van der Waals surface area contributed by atoms with E-state index in [2.05, 4.69) is 12.2 Å². The van der Waals surface area contributed by atoms with Crippen molar-refractivity contribution in [1.29, 1.82) is 0 Å². The van der Waals surface area contributed by atoms with Crippen molar-refractivity contribution in [2.75, 3.05) is 13.7 Å². The number of ether oxygens (including phenoxy) is 1. The van der Waals surface area contributed by atoms with Crippen LogP contribution in [0.3, 0.4) is 0 Å². The fraction of sp³-hybridized carbons (Fsp3) is 0.571. The Kier molecular flexibility index (Phi) is 6.16. The van der Waals surface area contributed by atoms with Crippen molar-refractivity contribution >= 4 is 0 Å². The fourth-order valence-electron chi connectivity index (χ4n) is 2.05. The van der Waals surface area contributed by atoms with E-state index in [1.807, 2.05) is 26.1 Å². The van der Waals surface area contributed by atoms with Gasteiger partial charge in [0.05, 0.1) is 6.10 Å². The molecule has 1 aromatic carbocycles. The smallest absolute Gasteiger partial charge is 0.126 e. The molecule has 0 bridgehead atoms. The van der Waals surface area contributed by atoms with Gasteiger partial charge in [-0.15, -0.1) is 0 Å². The van der Waals surface area contributed by atoms with E-state index in [0.717, 1.165) is 12.0 Å². The Bertz CT molecular complexity index is 330. The van der Waals surface area contributed by atoms with Crippen molar-refractivity contribution in [3.8, 4) is 0 Å². The molecule has 0 aliphatic carbocycles. The summed E-state index contributed by atoms with van der Waals surface area (Å²) >= 11 is 0. The molecule has 0 radical (unpaired) electrons. The molecule has 2 atom stereocenters. The summed E-state index contributed by atoms with van der Waals surface area (Å²) in [4.78, 5) is 0. The molecular weight excluding hydrogens is 217 g/mol. The molecule has 2 nitrogen and oxygen atoms in total. The van der Waals surface area contributed by atoms with Gasteiger partial charge in [0.25, 0.3) is 0 Å². The predicted molar refractivity (Wildman–Crippen MR) is 68.7 cm³/mol. The minimum absolute atomic E-state index is 0.129. The highest BCUT2D eigenvalue weighted by molar-refractivity contribution is 5.18. The Morgan fingerprint density at radius 2 is 2.00 bits per heavy atom. The third-order valence-electron chi connectivity index (χ3n) is 3.00. The summed E-state index contributed by atoms with van der Waals surface area (Å²) in [6.45, 7) is 4.76. The standard InChI is InChI=1S/C14H22FNO/c1-4-14(17-5-2)13(16-3)10-11-8-6-7-9-12(11)15/h6-9,13-14,16H,4-5,10H2,1-3H3. The highest BCUT2D eigenvalue weighted by Gasteiger charge is 2.20. The Morgan fingerprint density at radius 1 is 1.29 bits per heavy atom. The zero-order chi connectivity index (χ0) is 12.7. The van der Waals surface area contributed by atoms with Crippen LogP contribution in [0.25, 0.3) is 0 Å². The Labute approximate surface area is 103 Å². The molecule has 2 unspecified atom stereocenters. The average molecular weight is 239 g/mol. The summed E-state index contributed by atoms with van der Waals surface area (Å²) in [6.07, 6.45) is 1.71. The molecule has 0 heterocycles. The fourth-order valence-corrected chi connectivity index (χ4v) is 2.05. The molecule has 0 fully saturated rings. The van der Waals surface area contributed by atoms with Gasteiger partial charge < -0.3 is 10.1 Å². The lowest BCUT2D eigenvalue weighted by molar-refractivity contribution is 0.0337. The third-order valence-corrected chi connectivity index (χ3v) is 3.00. The highest BCUT2D eigenvalue weighted by Crippen LogP contribution is 2.14. The second-order valence-corrected chi connectivity index (χ2v) is 4.09. The molecule has 0 spiro atoms. The third kappa shape index (κ3) is 4.10. The second-order valence-electron chi connectivity index (χ2n) is 4.09. The van der Waals surface area contributed by atoms with Crippen LogP contribution in [0.2, 0.25) is 0 Å². The van der Waals surface area contributed by atoms with Crippen LogP contribution in [0.15, 0.2) is 24.3 Å². The maximum atomic E-state index is 13.6. The number of nitrogens with one attached hydrogen (secondary N) is 1. The quantitative estimate of drug-likeness (QED) is 0.790. The van der Waals surface area contributed by atoms with Crippen LogP contribution in [-0.4, -0.2) is 25.8 Å². The van der Waals surface area contributed by atoms with Crippen LogP contribution in [0.1, 0.15) is 25.8 Å². The molecule has 0 saturated carbocycles. The maximum Gasteiger partial charge on any atom is 0.126 e. The molecule has 0 amide bonds. The van der Waals surface area contributed by atoms with Crippen LogP contribution in [0, 0.1) is 5.82 Å². The SMILES string of the molecule is CCOC(CC)C(Cc1ccccc1F)NC. The summed E-state index contributed by atoms with van der Waals surface area (Å²) in [7, 11) is 1.90. The van der Waals surface area contributed by atoms with Crippen LogP contribution >= 0.6 is 0 Å². The summed E-state index contributed by atoms with van der Waals surface area (Å²) in [5, 5.41) is 3.22. The minimum atomic E-state index is -0.140. The molecule has 0 aromatic heterocycles. The first-order chi connectivity index (χ1) is 8.22. The molecule has 3 heteroatoms. The van der Waals surface area contributed by atoms with Gasteiger partial charge in [0.2, 0.25) is 0 Å². The highest BCUT2D eigenvalue weighted by atomic mass is 19.1. The van der Waals surface area contributed by atoms with Gasteiger partial charge in [0.15, 0.2) is 0 Å². The minimum Gasteiger partial charge on any atom is -0.377 e. The van der Waals surface area contributed by atoms with Crippen molar-refractivity contribution in [3.05, 3.63) is 35.6 Å². The number of likely N-dealkylation sites (N-methyl/N-ethyl adjacent to an activating group) is 1. The van der Waals surface area contributed by atoms with E-state index < -0.39 is 0 Å². The lowest BCUT2D eigenvalue weighted by atomic mass is 9.99. The Balaban J connectivity index is 2.72. The van der Waals surface area contributed by atoms with Gasteiger partial charge in [-0.25, -0.2) is 4.39 Å². The zero-order valence-corrected chi connectivity index (χ0v) is 10.9. The first-order valence-corrected chi connectivity index (χ1v) is 6.25. The molecule has 0 aliphatic rings. The van der Waals surface area contributed by atoms with Gasteiger partial charge in [-0.1, -0.05) is 25.1 Å². The van der Waals surface area contributed by atoms with E-state index >= 15 is 0 Å². The molecule has 96 valence electrons. The van der Waals surface area contributed by atoms with Crippen molar-refractivity contribution in [3.63, 3.8) is 0 Å². The van der Waals surface area contributed by atoms with E-state index in [4.69, 9.17) is 4.74 Å². The second kappa shape index (κ2) is 7.41. The Hall–Kier alpha value is -0.930. The van der Waals surface area contributed by atoms with Gasteiger partial charge in [0.1, 0.15) is 5.82 Å². The first-order valence-electron chi connectivity index (χ1n) is 6.25. The van der Waals surface area contributed by atoms with E-state index in [-0.39, 0.29) is 18.0 Å². The largest absolute Gasteiger partial charge is 0.377 e. The number of hydrogen-bond donors (Lipinski definition) is 1. The summed E-state index contributed by atoms with van der Waals surface area (Å²) < 4.78 is 19.2. The van der Waals surface area contributed by atoms with E-state index in [1.165, 1.54) is 6.07 Å². The first kappa shape index (κ1) is 14.1. The monoisotopic (exact) mass is 239 g/mol. The molecule has 1 rings (SSSR count). The van der Waals surface area contributed by atoms with E-state index in [0.29, 0.717) is 13.0 Å². The average Bonchev–Trinajstić information content (AvgIpc) is 2.35.